The van der Waals surface area contributed by atoms with Crippen LogP contribution in [0.15, 0.2) is 24.3 Å². The second-order valence-corrected chi connectivity index (χ2v) is 5.21. The van der Waals surface area contributed by atoms with E-state index in [9.17, 15) is 0 Å². The van der Waals surface area contributed by atoms with Gasteiger partial charge in [0.25, 0.3) is 0 Å². The summed E-state index contributed by atoms with van der Waals surface area (Å²) in [5.41, 5.74) is 1.33. The minimum Gasteiger partial charge on any atom is -0.381 e. The molecule has 0 aliphatic carbocycles. The van der Waals surface area contributed by atoms with E-state index in [2.05, 4.69) is 24.4 Å². The molecule has 1 aliphatic rings. The molecule has 0 bridgehead atoms. The van der Waals surface area contributed by atoms with E-state index in [4.69, 9.17) is 16.3 Å². The molecule has 1 fully saturated rings. The molecule has 17 heavy (non-hydrogen) atoms. The Kier molecular flexibility index (Phi) is 4.84. The zero-order chi connectivity index (χ0) is 12.1. The van der Waals surface area contributed by atoms with E-state index in [-0.39, 0.29) is 0 Å². The second-order valence-electron chi connectivity index (χ2n) is 4.78. The van der Waals surface area contributed by atoms with Gasteiger partial charge < -0.3 is 10.1 Å². The van der Waals surface area contributed by atoms with Gasteiger partial charge in [0.1, 0.15) is 0 Å². The van der Waals surface area contributed by atoms with E-state index in [1.165, 1.54) is 5.56 Å². The predicted octanol–water partition coefficient (Wildman–Crippen LogP) is 2.90. The van der Waals surface area contributed by atoms with Gasteiger partial charge in [0.05, 0.1) is 6.61 Å². The summed E-state index contributed by atoms with van der Waals surface area (Å²) in [6.45, 7) is 5.05. The number of halogens is 1. The molecule has 1 aromatic carbocycles. The number of hydrogen-bond donors (Lipinski definition) is 1. The minimum absolute atomic E-state index is 0.607. The maximum atomic E-state index is 5.86. The van der Waals surface area contributed by atoms with Crippen molar-refractivity contribution in [3.8, 4) is 0 Å². The average Bonchev–Trinajstić information content (AvgIpc) is 2.34. The summed E-state index contributed by atoms with van der Waals surface area (Å²) in [4.78, 5) is 0. The molecule has 2 atom stereocenters. The highest BCUT2D eigenvalue weighted by molar-refractivity contribution is 6.30. The van der Waals surface area contributed by atoms with Crippen LogP contribution in [0.3, 0.4) is 0 Å². The lowest BCUT2D eigenvalue weighted by molar-refractivity contribution is 0.0393. The van der Waals surface area contributed by atoms with Crippen molar-refractivity contribution in [2.24, 2.45) is 5.92 Å². The van der Waals surface area contributed by atoms with Gasteiger partial charge in [-0.05, 0) is 43.0 Å². The van der Waals surface area contributed by atoms with Crippen molar-refractivity contribution in [2.75, 3.05) is 19.8 Å². The third-order valence-electron chi connectivity index (χ3n) is 3.37. The SMILES string of the molecule is CC1COCCC1NCCc1ccc(Cl)cc1. The van der Waals surface area contributed by atoms with Crippen LogP contribution >= 0.6 is 11.6 Å². The smallest absolute Gasteiger partial charge is 0.0506 e. The van der Waals surface area contributed by atoms with Gasteiger partial charge in [-0.2, -0.15) is 0 Å². The first-order valence-electron chi connectivity index (χ1n) is 6.31. The van der Waals surface area contributed by atoms with Crippen LogP contribution < -0.4 is 5.32 Å². The number of hydrogen-bond acceptors (Lipinski definition) is 2. The summed E-state index contributed by atoms with van der Waals surface area (Å²) in [5.74, 6) is 0.619. The standard InChI is InChI=1S/C14H20ClNO/c1-11-10-17-9-7-14(11)16-8-6-12-2-4-13(15)5-3-12/h2-5,11,14,16H,6-10H2,1H3. The predicted molar refractivity (Wildman–Crippen MR) is 71.5 cm³/mol. The third kappa shape index (κ3) is 3.98. The number of nitrogens with one attached hydrogen (secondary N) is 1. The molecule has 94 valence electrons. The van der Waals surface area contributed by atoms with E-state index in [0.717, 1.165) is 37.6 Å². The second kappa shape index (κ2) is 6.39. The maximum Gasteiger partial charge on any atom is 0.0506 e. The summed E-state index contributed by atoms with van der Waals surface area (Å²) < 4.78 is 5.44. The van der Waals surface area contributed by atoms with Gasteiger partial charge >= 0.3 is 0 Å². The lowest BCUT2D eigenvalue weighted by Crippen LogP contribution is -2.42. The first kappa shape index (κ1) is 12.9. The zero-order valence-electron chi connectivity index (χ0n) is 10.3. The molecular formula is C14H20ClNO. The van der Waals surface area contributed by atoms with E-state index in [1.807, 2.05) is 12.1 Å². The number of benzene rings is 1. The number of rotatable bonds is 4. The highest BCUT2D eigenvalue weighted by atomic mass is 35.5. The molecule has 2 unspecified atom stereocenters. The highest BCUT2D eigenvalue weighted by Gasteiger charge is 2.20. The molecule has 0 amide bonds. The van der Waals surface area contributed by atoms with Gasteiger partial charge in [-0.1, -0.05) is 30.7 Å². The molecule has 2 rings (SSSR count). The van der Waals surface area contributed by atoms with E-state index in [0.29, 0.717) is 12.0 Å². The van der Waals surface area contributed by atoms with Crippen LogP contribution in [-0.2, 0) is 11.2 Å². The Morgan fingerprint density at radius 3 is 2.82 bits per heavy atom. The van der Waals surface area contributed by atoms with Gasteiger partial charge in [0.15, 0.2) is 0 Å². The van der Waals surface area contributed by atoms with Crippen molar-refractivity contribution in [2.45, 2.75) is 25.8 Å². The molecule has 1 aromatic rings. The van der Waals surface area contributed by atoms with E-state index in [1.54, 1.807) is 0 Å². The first-order chi connectivity index (χ1) is 8.25. The fourth-order valence-electron chi connectivity index (χ4n) is 2.24. The first-order valence-corrected chi connectivity index (χ1v) is 6.69. The van der Waals surface area contributed by atoms with Crippen molar-refractivity contribution in [3.63, 3.8) is 0 Å². The molecule has 1 heterocycles. The van der Waals surface area contributed by atoms with Crippen molar-refractivity contribution >= 4 is 11.6 Å². The van der Waals surface area contributed by atoms with Crippen LogP contribution in [0.25, 0.3) is 0 Å². The fraction of sp³-hybridized carbons (Fsp3) is 0.571. The Morgan fingerprint density at radius 1 is 1.35 bits per heavy atom. The average molecular weight is 254 g/mol. The molecule has 1 saturated heterocycles. The quantitative estimate of drug-likeness (QED) is 0.891. The van der Waals surface area contributed by atoms with E-state index < -0.39 is 0 Å². The number of ether oxygens (including phenoxy) is 1. The summed E-state index contributed by atoms with van der Waals surface area (Å²) in [7, 11) is 0. The molecule has 2 nitrogen and oxygen atoms in total. The summed E-state index contributed by atoms with van der Waals surface area (Å²) in [5, 5.41) is 4.43. The zero-order valence-corrected chi connectivity index (χ0v) is 11.0. The molecule has 3 heteroatoms. The van der Waals surface area contributed by atoms with Crippen LogP contribution in [0.2, 0.25) is 5.02 Å². The van der Waals surface area contributed by atoms with E-state index >= 15 is 0 Å². The lowest BCUT2D eigenvalue weighted by atomic mass is 9.97. The van der Waals surface area contributed by atoms with Gasteiger partial charge in [-0.3, -0.25) is 0 Å². The molecule has 0 saturated carbocycles. The van der Waals surface area contributed by atoms with Crippen LogP contribution in [0, 0.1) is 5.92 Å². The Hall–Kier alpha value is -0.570. The summed E-state index contributed by atoms with van der Waals surface area (Å²) >= 11 is 5.86. The Labute approximate surface area is 108 Å². The van der Waals surface area contributed by atoms with Crippen LogP contribution in [-0.4, -0.2) is 25.8 Å². The van der Waals surface area contributed by atoms with Crippen molar-refractivity contribution in [1.29, 1.82) is 0 Å². The van der Waals surface area contributed by atoms with Crippen molar-refractivity contribution in [3.05, 3.63) is 34.9 Å². The monoisotopic (exact) mass is 253 g/mol. The molecule has 0 radical (unpaired) electrons. The van der Waals surface area contributed by atoms with Gasteiger partial charge in [0.2, 0.25) is 0 Å². The van der Waals surface area contributed by atoms with Crippen molar-refractivity contribution < 1.29 is 4.74 Å². The Bertz CT molecular complexity index is 339. The largest absolute Gasteiger partial charge is 0.381 e. The summed E-state index contributed by atoms with van der Waals surface area (Å²) in [6, 6.07) is 8.70. The lowest BCUT2D eigenvalue weighted by Gasteiger charge is -2.29. The fourth-order valence-corrected chi connectivity index (χ4v) is 2.36. The summed E-state index contributed by atoms with van der Waals surface area (Å²) in [6.07, 6.45) is 2.18. The maximum absolute atomic E-state index is 5.86. The molecule has 1 N–H and O–H groups in total. The normalized spacial score (nSPS) is 24.8. The van der Waals surface area contributed by atoms with Crippen LogP contribution in [0.4, 0.5) is 0 Å². The molecule has 0 aromatic heterocycles. The van der Waals surface area contributed by atoms with Gasteiger partial charge in [0, 0.05) is 17.7 Å². The minimum atomic E-state index is 0.607. The highest BCUT2D eigenvalue weighted by Crippen LogP contribution is 2.14. The van der Waals surface area contributed by atoms with Crippen molar-refractivity contribution in [1.82, 2.24) is 5.32 Å². The van der Waals surface area contributed by atoms with Gasteiger partial charge in [-0.25, -0.2) is 0 Å². The molecule has 1 aliphatic heterocycles. The topological polar surface area (TPSA) is 21.3 Å². The molecular weight excluding hydrogens is 234 g/mol. The Balaban J connectivity index is 1.73. The Morgan fingerprint density at radius 2 is 2.12 bits per heavy atom. The molecule has 0 spiro atoms. The van der Waals surface area contributed by atoms with Crippen LogP contribution in [0.5, 0.6) is 0 Å². The van der Waals surface area contributed by atoms with Gasteiger partial charge in [-0.15, -0.1) is 0 Å². The van der Waals surface area contributed by atoms with Crippen LogP contribution in [0.1, 0.15) is 18.9 Å². The third-order valence-corrected chi connectivity index (χ3v) is 3.63.